The minimum absolute atomic E-state index is 0.00422. The quantitative estimate of drug-likeness (QED) is 0.404. The third-order valence-corrected chi connectivity index (χ3v) is 7.24. The zero-order chi connectivity index (χ0) is 23.3. The number of hydrogen-bond acceptors (Lipinski definition) is 2. The van der Waals surface area contributed by atoms with Crippen LogP contribution in [-0.4, -0.2) is 42.5 Å². The molecule has 0 bridgehead atoms. The Morgan fingerprint density at radius 3 is 1.94 bits per heavy atom. The highest BCUT2D eigenvalue weighted by Gasteiger charge is 2.26. The monoisotopic (exact) mass is 458 g/mol. The molecule has 0 unspecified atom stereocenters. The van der Waals surface area contributed by atoms with E-state index in [1.807, 2.05) is 24.3 Å². The Bertz CT molecular complexity index is 1070. The van der Waals surface area contributed by atoms with E-state index in [1.165, 1.54) is 60.2 Å². The number of halogens is 2. The first-order valence-corrected chi connectivity index (χ1v) is 12.4. The van der Waals surface area contributed by atoms with Gasteiger partial charge in [-0.1, -0.05) is 54.6 Å². The van der Waals surface area contributed by atoms with E-state index in [0.29, 0.717) is 0 Å². The molecule has 1 fully saturated rings. The lowest BCUT2D eigenvalue weighted by Gasteiger charge is -2.39. The zero-order valence-electron chi connectivity index (χ0n) is 19.6. The number of aryl methyl sites for hydroxylation is 1. The van der Waals surface area contributed by atoms with Crippen molar-refractivity contribution in [3.63, 3.8) is 0 Å². The maximum Gasteiger partial charge on any atom is 0.123 e. The highest BCUT2D eigenvalue weighted by Crippen LogP contribution is 2.31. The maximum absolute atomic E-state index is 13.6. The first-order valence-electron chi connectivity index (χ1n) is 12.4. The zero-order valence-corrected chi connectivity index (χ0v) is 19.6. The lowest BCUT2D eigenvalue weighted by atomic mass is 9.96. The molecule has 0 N–H and O–H groups in total. The average molecular weight is 459 g/mol. The van der Waals surface area contributed by atoms with Crippen molar-refractivity contribution in [2.45, 2.75) is 31.7 Å². The Kier molecular flexibility index (Phi) is 7.17. The van der Waals surface area contributed by atoms with E-state index >= 15 is 0 Å². The van der Waals surface area contributed by atoms with Gasteiger partial charge < -0.3 is 0 Å². The molecule has 2 nitrogen and oxygen atoms in total. The van der Waals surface area contributed by atoms with Gasteiger partial charge in [0.15, 0.2) is 0 Å². The van der Waals surface area contributed by atoms with Crippen LogP contribution in [0.4, 0.5) is 8.78 Å². The number of hydrogen-bond donors (Lipinski definition) is 0. The molecule has 2 aliphatic rings. The summed E-state index contributed by atoms with van der Waals surface area (Å²) < 4.78 is 27.2. The molecule has 0 amide bonds. The van der Waals surface area contributed by atoms with Crippen molar-refractivity contribution < 1.29 is 8.78 Å². The topological polar surface area (TPSA) is 6.48 Å². The molecule has 1 heterocycles. The van der Waals surface area contributed by atoms with Crippen LogP contribution in [0.2, 0.25) is 0 Å². The van der Waals surface area contributed by atoms with Gasteiger partial charge in [-0.3, -0.25) is 9.80 Å². The van der Waals surface area contributed by atoms with Gasteiger partial charge >= 0.3 is 0 Å². The molecule has 0 radical (unpaired) electrons. The molecule has 3 aromatic carbocycles. The van der Waals surface area contributed by atoms with Crippen molar-refractivity contribution in [2.75, 3.05) is 32.7 Å². The van der Waals surface area contributed by atoms with Crippen LogP contribution in [0.1, 0.15) is 47.6 Å². The van der Waals surface area contributed by atoms with E-state index in [9.17, 15) is 8.78 Å². The Morgan fingerprint density at radius 1 is 0.706 bits per heavy atom. The van der Waals surface area contributed by atoms with E-state index in [1.54, 1.807) is 0 Å². The van der Waals surface area contributed by atoms with E-state index in [2.05, 4.69) is 40.1 Å². The molecule has 0 spiro atoms. The van der Waals surface area contributed by atoms with Gasteiger partial charge in [0.1, 0.15) is 11.6 Å². The largest absolute Gasteiger partial charge is 0.297 e. The van der Waals surface area contributed by atoms with E-state index in [0.717, 1.165) is 50.3 Å². The molecular weight excluding hydrogens is 426 g/mol. The summed E-state index contributed by atoms with van der Waals surface area (Å²) in [6.45, 7) is 4.75. The smallest absolute Gasteiger partial charge is 0.123 e. The van der Waals surface area contributed by atoms with Gasteiger partial charge in [0.25, 0.3) is 0 Å². The number of fused-ring (bicyclic) bond motifs is 1. The van der Waals surface area contributed by atoms with Crippen LogP contribution >= 0.6 is 0 Å². The Balaban J connectivity index is 1.29. The lowest BCUT2D eigenvalue weighted by Crippen LogP contribution is -2.47. The number of rotatable bonds is 5. The Morgan fingerprint density at radius 2 is 1.29 bits per heavy atom. The second-order valence-electron chi connectivity index (χ2n) is 9.44. The highest BCUT2D eigenvalue weighted by molar-refractivity contribution is 5.69. The van der Waals surface area contributed by atoms with Crippen LogP contribution in [0.25, 0.3) is 5.57 Å². The third-order valence-electron chi connectivity index (χ3n) is 7.24. The van der Waals surface area contributed by atoms with Gasteiger partial charge in [-0.05, 0) is 77.8 Å². The standard InChI is InChI=1S/C30H32F2N2/c31-27-13-9-25(10-14-27)30(26-11-15-28(32)16-12-26)34-21-19-33(20-22-34)18-17-24-7-2-1-5-23-6-3-4-8-29(23)24/h3-4,6,8-17,30H,1-2,5,7,18-22H2. The van der Waals surface area contributed by atoms with Gasteiger partial charge in [-0.25, -0.2) is 8.78 Å². The molecule has 5 rings (SSSR count). The Labute approximate surface area is 201 Å². The molecule has 1 aliphatic carbocycles. The van der Waals surface area contributed by atoms with Gasteiger partial charge in [-0.15, -0.1) is 0 Å². The fourth-order valence-electron chi connectivity index (χ4n) is 5.38. The second-order valence-corrected chi connectivity index (χ2v) is 9.44. The fraction of sp³-hybridized carbons (Fsp3) is 0.333. The van der Waals surface area contributed by atoms with Crippen molar-refractivity contribution in [1.29, 1.82) is 0 Å². The SMILES string of the molecule is Fc1ccc(C(c2ccc(F)cc2)N2CCN(CC=C3CCCCc4ccccc43)CC2)cc1. The van der Waals surface area contributed by atoms with Gasteiger partial charge in [0.2, 0.25) is 0 Å². The van der Waals surface area contributed by atoms with Crippen LogP contribution in [0.5, 0.6) is 0 Å². The first-order chi connectivity index (χ1) is 16.7. The van der Waals surface area contributed by atoms with E-state index < -0.39 is 0 Å². The average Bonchev–Trinajstić information content (AvgIpc) is 3.08. The molecule has 3 aromatic rings. The first kappa shape index (κ1) is 22.9. The summed E-state index contributed by atoms with van der Waals surface area (Å²) in [6.07, 6.45) is 7.30. The van der Waals surface area contributed by atoms with Crippen LogP contribution in [0, 0.1) is 11.6 Å². The normalized spacial score (nSPS) is 18.7. The highest BCUT2D eigenvalue weighted by atomic mass is 19.1. The minimum Gasteiger partial charge on any atom is -0.297 e. The fourth-order valence-corrected chi connectivity index (χ4v) is 5.38. The van der Waals surface area contributed by atoms with Gasteiger partial charge in [-0.2, -0.15) is 0 Å². The van der Waals surface area contributed by atoms with E-state index in [-0.39, 0.29) is 17.7 Å². The van der Waals surface area contributed by atoms with Crippen molar-refractivity contribution in [3.05, 3.63) is 113 Å². The number of allylic oxidation sites excluding steroid dienone is 1. The molecule has 4 heteroatoms. The van der Waals surface area contributed by atoms with Crippen molar-refractivity contribution in [3.8, 4) is 0 Å². The molecule has 0 saturated carbocycles. The summed E-state index contributed by atoms with van der Waals surface area (Å²) in [7, 11) is 0. The van der Waals surface area contributed by atoms with Crippen molar-refractivity contribution in [1.82, 2.24) is 9.80 Å². The van der Waals surface area contributed by atoms with Gasteiger partial charge in [0, 0.05) is 32.7 Å². The number of nitrogens with zero attached hydrogens (tertiary/aromatic N) is 2. The lowest BCUT2D eigenvalue weighted by molar-refractivity contribution is 0.117. The summed E-state index contributed by atoms with van der Waals surface area (Å²) in [5.41, 5.74) is 6.49. The van der Waals surface area contributed by atoms with Crippen molar-refractivity contribution >= 4 is 5.57 Å². The summed E-state index contributed by atoms with van der Waals surface area (Å²) in [5.74, 6) is -0.473. The Hall–Kier alpha value is -2.82. The molecule has 34 heavy (non-hydrogen) atoms. The predicted octanol–water partition coefficient (Wildman–Crippen LogP) is 6.48. The van der Waals surface area contributed by atoms with Crippen LogP contribution < -0.4 is 0 Å². The molecule has 0 atom stereocenters. The third kappa shape index (κ3) is 5.29. The minimum atomic E-state index is -0.237. The van der Waals surface area contributed by atoms with Crippen LogP contribution in [0.15, 0.2) is 78.9 Å². The molecular formula is C30H32F2N2. The summed E-state index contributed by atoms with van der Waals surface area (Å²) in [4.78, 5) is 4.95. The van der Waals surface area contributed by atoms with Crippen LogP contribution in [0.3, 0.4) is 0 Å². The summed E-state index contributed by atoms with van der Waals surface area (Å²) in [6, 6.07) is 22.3. The molecule has 0 aromatic heterocycles. The maximum atomic E-state index is 13.6. The summed E-state index contributed by atoms with van der Waals surface area (Å²) >= 11 is 0. The molecule has 1 aliphatic heterocycles. The van der Waals surface area contributed by atoms with Gasteiger partial charge in [0.05, 0.1) is 6.04 Å². The molecule has 176 valence electrons. The molecule has 1 saturated heterocycles. The number of benzene rings is 3. The van der Waals surface area contributed by atoms with Crippen LogP contribution in [-0.2, 0) is 6.42 Å². The number of piperazine rings is 1. The van der Waals surface area contributed by atoms with E-state index in [4.69, 9.17) is 0 Å². The predicted molar refractivity (Wildman–Crippen MR) is 135 cm³/mol. The van der Waals surface area contributed by atoms with Crippen molar-refractivity contribution in [2.24, 2.45) is 0 Å². The second kappa shape index (κ2) is 10.6. The summed E-state index contributed by atoms with van der Waals surface area (Å²) in [5, 5.41) is 0.